The van der Waals surface area contributed by atoms with Crippen molar-refractivity contribution in [2.45, 2.75) is 5.02 Å². The lowest BCUT2D eigenvalue weighted by Crippen LogP contribution is -2.36. The molecule has 0 aliphatic carbocycles. The first-order valence-corrected chi connectivity index (χ1v) is 7.79. The number of nitrogens with zero attached hydrogens (tertiary/aromatic N) is 1. The molecule has 0 spiro atoms. The highest BCUT2D eigenvalue weighted by molar-refractivity contribution is 7.71. The number of nitrogens with two attached hydrogens (primary N) is 1. The molecule has 10 nitrogen and oxygen atoms in total. The third kappa shape index (κ3) is 2.75. The van der Waals surface area contributed by atoms with Gasteiger partial charge in [-0.3, -0.25) is 19.2 Å². The van der Waals surface area contributed by atoms with E-state index in [-0.39, 0.29) is 0 Å². The van der Waals surface area contributed by atoms with Gasteiger partial charge in [-0.2, -0.15) is 0 Å². The van der Waals surface area contributed by atoms with E-state index in [9.17, 15) is 19.2 Å². The monoisotopic (exact) mass is 312 g/mol. The van der Waals surface area contributed by atoms with E-state index in [0.717, 1.165) is 24.3 Å². The Bertz CT molecular complexity index is 566. The Kier molecular flexibility index (Phi) is 4.00. The van der Waals surface area contributed by atoms with Crippen LogP contribution in [0.15, 0.2) is 24.3 Å². The molecule has 1 rings (SSSR count). The summed E-state index contributed by atoms with van der Waals surface area (Å²) in [7, 11) is -10.9. The first kappa shape index (κ1) is 15.9. The minimum atomic E-state index is -5.43. The van der Waals surface area contributed by atoms with Crippen LogP contribution in [-0.2, 0) is 14.2 Å². The third-order valence-electron chi connectivity index (χ3n) is 2.39. The van der Waals surface area contributed by atoms with Gasteiger partial charge >= 0.3 is 15.2 Å². The normalized spacial score (nSPS) is 13.3. The van der Waals surface area contributed by atoms with Gasteiger partial charge in [0.15, 0.2) is 0 Å². The van der Waals surface area contributed by atoms with Crippen molar-refractivity contribution in [3.8, 4) is 0 Å². The fraction of sp³-hybridized carbons (Fsp3) is 0.143. The maximum Gasteiger partial charge on any atom is 0.362 e. The van der Waals surface area contributed by atoms with Crippen molar-refractivity contribution in [2.75, 3.05) is 0 Å². The molecule has 106 valence electrons. The second-order valence-corrected chi connectivity index (χ2v) is 7.56. The van der Waals surface area contributed by atoms with Crippen molar-refractivity contribution < 1.29 is 33.6 Å². The van der Waals surface area contributed by atoms with Gasteiger partial charge < -0.3 is 25.3 Å². The molecule has 0 amide bonds. The summed E-state index contributed by atoms with van der Waals surface area (Å²) in [5.74, 6) is 0. The zero-order chi connectivity index (χ0) is 15.1. The zero-order valence-electron chi connectivity index (χ0n) is 9.15. The lowest BCUT2D eigenvalue weighted by molar-refractivity contribution is -0.384. The Morgan fingerprint density at radius 1 is 1.05 bits per heavy atom. The van der Waals surface area contributed by atoms with E-state index in [0.29, 0.717) is 0 Å². The predicted octanol–water partition coefficient (Wildman–Crippen LogP) is 0.0192. The highest BCUT2D eigenvalue weighted by atomic mass is 31.2. The molecule has 0 fully saturated rings. The summed E-state index contributed by atoms with van der Waals surface area (Å²) < 4.78 is 22.5. The maximum absolute atomic E-state index is 11.3. The van der Waals surface area contributed by atoms with Gasteiger partial charge in [-0.05, 0) is 17.7 Å². The highest BCUT2D eigenvalue weighted by Gasteiger charge is 2.58. The van der Waals surface area contributed by atoms with Crippen molar-refractivity contribution in [3.05, 3.63) is 39.9 Å². The van der Waals surface area contributed by atoms with Gasteiger partial charge in [0.05, 0.1) is 4.92 Å². The van der Waals surface area contributed by atoms with Crippen LogP contribution in [0.5, 0.6) is 0 Å². The summed E-state index contributed by atoms with van der Waals surface area (Å²) in [5, 5.41) is 7.18. The van der Waals surface area contributed by atoms with Crippen LogP contribution in [0.2, 0.25) is 0 Å². The summed E-state index contributed by atoms with van der Waals surface area (Å²) in [5.41, 5.74) is 4.19. The standard InChI is InChI=1S/C7H10N2O8P2/c8-7(18(12,13)14,19(15,16)17)5-1-3-6(4-2-5)9(10)11/h1-4H,8H2,(H2,12,13,14)(H2,15,16,17). The molecule has 12 heteroatoms. The first-order valence-electron chi connectivity index (χ1n) is 4.56. The van der Waals surface area contributed by atoms with Crippen LogP contribution in [0, 0.1) is 10.1 Å². The van der Waals surface area contributed by atoms with E-state index in [4.69, 9.17) is 25.3 Å². The number of nitro groups is 1. The molecule has 1 aromatic rings. The van der Waals surface area contributed by atoms with Gasteiger partial charge in [0.25, 0.3) is 5.69 Å². The summed E-state index contributed by atoms with van der Waals surface area (Å²) in [6.07, 6.45) is 0. The molecule has 0 aromatic heterocycles. The lowest BCUT2D eigenvalue weighted by atomic mass is 10.2. The minimum absolute atomic E-state index is 0.414. The maximum atomic E-state index is 11.3. The predicted molar refractivity (Wildman–Crippen MR) is 63.1 cm³/mol. The second kappa shape index (κ2) is 4.77. The number of benzene rings is 1. The van der Waals surface area contributed by atoms with E-state index < -0.39 is 36.4 Å². The average Bonchev–Trinajstić information content (AvgIpc) is 2.25. The van der Waals surface area contributed by atoms with Crippen LogP contribution in [0.4, 0.5) is 5.69 Å². The summed E-state index contributed by atoms with van der Waals surface area (Å²) in [6, 6.07) is 3.25. The van der Waals surface area contributed by atoms with Crippen LogP contribution in [0.1, 0.15) is 5.56 Å². The molecular formula is C7H10N2O8P2. The summed E-state index contributed by atoms with van der Waals surface area (Å²) in [4.78, 5) is 45.9. The molecule has 0 heterocycles. The third-order valence-corrected chi connectivity index (χ3v) is 6.25. The second-order valence-electron chi connectivity index (χ2n) is 3.62. The number of non-ortho nitro benzene ring substituents is 1. The van der Waals surface area contributed by atoms with Crippen molar-refractivity contribution in [3.63, 3.8) is 0 Å². The lowest BCUT2D eigenvalue weighted by Gasteiger charge is -2.30. The van der Waals surface area contributed by atoms with Crippen LogP contribution in [0.3, 0.4) is 0 Å². The van der Waals surface area contributed by atoms with Crippen molar-refractivity contribution in [1.82, 2.24) is 0 Å². The van der Waals surface area contributed by atoms with Gasteiger partial charge in [-0.1, -0.05) is 0 Å². The van der Waals surface area contributed by atoms with Gasteiger partial charge in [0.1, 0.15) is 0 Å². The molecular weight excluding hydrogens is 302 g/mol. The van der Waals surface area contributed by atoms with E-state index in [2.05, 4.69) is 0 Å². The van der Waals surface area contributed by atoms with Gasteiger partial charge in [0.2, 0.25) is 5.02 Å². The van der Waals surface area contributed by atoms with E-state index in [1.54, 1.807) is 0 Å². The topological polar surface area (TPSA) is 184 Å². The molecule has 19 heavy (non-hydrogen) atoms. The van der Waals surface area contributed by atoms with Crippen molar-refractivity contribution >= 4 is 20.9 Å². The van der Waals surface area contributed by atoms with E-state index in [1.807, 2.05) is 0 Å². The zero-order valence-corrected chi connectivity index (χ0v) is 10.9. The van der Waals surface area contributed by atoms with Crippen LogP contribution in [0.25, 0.3) is 0 Å². The number of hydrogen-bond donors (Lipinski definition) is 5. The van der Waals surface area contributed by atoms with Crippen LogP contribution < -0.4 is 5.73 Å². The molecule has 0 saturated heterocycles. The number of nitro benzene ring substituents is 1. The average molecular weight is 312 g/mol. The molecule has 0 radical (unpaired) electrons. The highest BCUT2D eigenvalue weighted by Crippen LogP contribution is 2.71. The smallest absolute Gasteiger partial charge is 0.322 e. The van der Waals surface area contributed by atoms with Crippen molar-refractivity contribution in [1.29, 1.82) is 0 Å². The molecule has 0 aliphatic rings. The largest absolute Gasteiger partial charge is 0.362 e. The number of hydrogen-bond acceptors (Lipinski definition) is 5. The molecule has 1 aromatic carbocycles. The Hall–Kier alpha value is -1.12. The molecule has 0 saturated carbocycles. The molecule has 0 aliphatic heterocycles. The van der Waals surface area contributed by atoms with E-state index in [1.165, 1.54) is 0 Å². The Balaban J connectivity index is 3.49. The Morgan fingerprint density at radius 2 is 1.42 bits per heavy atom. The van der Waals surface area contributed by atoms with Crippen LogP contribution in [-0.4, -0.2) is 24.5 Å². The Labute approximate surface area is 106 Å². The van der Waals surface area contributed by atoms with Crippen molar-refractivity contribution in [2.24, 2.45) is 5.73 Å². The fourth-order valence-corrected chi connectivity index (χ4v) is 3.66. The van der Waals surface area contributed by atoms with Gasteiger partial charge in [0, 0.05) is 12.1 Å². The quantitative estimate of drug-likeness (QED) is 0.290. The fourth-order valence-electron chi connectivity index (χ4n) is 1.33. The van der Waals surface area contributed by atoms with E-state index >= 15 is 0 Å². The SMILES string of the molecule is NC(c1ccc([N+](=O)[O-])cc1)(P(=O)(O)O)P(=O)(O)O. The number of rotatable bonds is 4. The molecule has 0 unspecified atom stereocenters. The van der Waals surface area contributed by atoms with Gasteiger partial charge in [-0.15, -0.1) is 0 Å². The van der Waals surface area contributed by atoms with Crippen LogP contribution >= 0.6 is 15.2 Å². The molecule has 0 bridgehead atoms. The minimum Gasteiger partial charge on any atom is -0.322 e. The summed E-state index contributed by atoms with van der Waals surface area (Å²) in [6.45, 7) is 0. The first-order chi connectivity index (χ1) is 8.41. The molecule has 0 atom stereocenters. The Morgan fingerprint density at radius 3 is 1.68 bits per heavy atom. The summed E-state index contributed by atoms with van der Waals surface area (Å²) >= 11 is 0. The molecule has 6 N–H and O–H groups in total. The van der Waals surface area contributed by atoms with Gasteiger partial charge in [-0.25, -0.2) is 0 Å².